The second kappa shape index (κ2) is 5.82. The number of aromatic amines is 1. The number of H-pyrrole nitrogens is 1. The highest BCUT2D eigenvalue weighted by atomic mass is 79.9. The number of halogens is 1. The van der Waals surface area contributed by atoms with E-state index in [0.717, 1.165) is 21.6 Å². The summed E-state index contributed by atoms with van der Waals surface area (Å²) in [7, 11) is 1.39. The van der Waals surface area contributed by atoms with Crippen LogP contribution in [0.5, 0.6) is 0 Å². The van der Waals surface area contributed by atoms with Gasteiger partial charge in [-0.2, -0.15) is 0 Å². The number of hydrogen-bond donors (Lipinski definition) is 1. The number of aromatic nitrogens is 2. The molecule has 0 radical (unpaired) electrons. The second-order valence-electron chi connectivity index (χ2n) is 3.80. The fraction of sp³-hybridized carbons (Fsp3) is 0.231. The van der Waals surface area contributed by atoms with Gasteiger partial charge in [-0.1, -0.05) is 34.1 Å². The van der Waals surface area contributed by atoms with E-state index in [1.165, 1.54) is 7.11 Å². The summed E-state index contributed by atoms with van der Waals surface area (Å²) in [6.07, 6.45) is 2.66. The number of nitrogens with zero attached hydrogens (tertiary/aromatic N) is 1. The number of hydrogen-bond acceptors (Lipinski definition) is 3. The first-order chi connectivity index (χ1) is 8.70. The van der Waals surface area contributed by atoms with E-state index in [1.807, 2.05) is 24.3 Å². The van der Waals surface area contributed by atoms with Crippen LogP contribution >= 0.6 is 15.9 Å². The minimum absolute atomic E-state index is 0.228. The predicted molar refractivity (Wildman–Crippen MR) is 72.1 cm³/mol. The van der Waals surface area contributed by atoms with Crippen LogP contribution < -0.4 is 0 Å². The standard InChI is InChI=1S/C13H13BrN2O2/c1-18-13(17)7-6-12-15-8-11(16-12)9-4-2-3-5-10(9)14/h2-5,8H,6-7H2,1H3,(H,15,16). The molecule has 0 aliphatic rings. The summed E-state index contributed by atoms with van der Waals surface area (Å²) in [5.74, 6) is 0.556. The molecule has 1 N–H and O–H groups in total. The smallest absolute Gasteiger partial charge is 0.305 e. The molecule has 2 rings (SSSR count). The number of imidazole rings is 1. The first-order valence-corrected chi connectivity index (χ1v) is 6.35. The Labute approximate surface area is 114 Å². The molecule has 0 amide bonds. The zero-order chi connectivity index (χ0) is 13.0. The highest BCUT2D eigenvalue weighted by molar-refractivity contribution is 9.10. The molecule has 0 bridgehead atoms. The molecule has 5 heteroatoms. The van der Waals surface area contributed by atoms with E-state index in [9.17, 15) is 4.79 Å². The van der Waals surface area contributed by atoms with E-state index in [1.54, 1.807) is 6.20 Å². The molecule has 18 heavy (non-hydrogen) atoms. The van der Waals surface area contributed by atoms with Gasteiger partial charge in [-0.15, -0.1) is 0 Å². The van der Waals surface area contributed by atoms with E-state index in [4.69, 9.17) is 0 Å². The van der Waals surface area contributed by atoms with Gasteiger partial charge < -0.3 is 9.72 Å². The van der Waals surface area contributed by atoms with E-state index >= 15 is 0 Å². The van der Waals surface area contributed by atoms with Gasteiger partial charge in [0.05, 0.1) is 25.4 Å². The lowest BCUT2D eigenvalue weighted by Gasteiger charge is -2.00. The largest absolute Gasteiger partial charge is 0.469 e. The van der Waals surface area contributed by atoms with Crippen molar-refractivity contribution in [3.63, 3.8) is 0 Å². The molecule has 2 aromatic rings. The molecule has 1 heterocycles. The van der Waals surface area contributed by atoms with Crippen molar-refractivity contribution in [2.45, 2.75) is 12.8 Å². The summed E-state index contributed by atoms with van der Waals surface area (Å²) in [5.41, 5.74) is 1.98. The number of benzene rings is 1. The van der Waals surface area contributed by atoms with Crippen molar-refractivity contribution in [3.05, 3.63) is 40.8 Å². The van der Waals surface area contributed by atoms with Crippen LogP contribution in [0.1, 0.15) is 12.2 Å². The number of rotatable bonds is 4. The van der Waals surface area contributed by atoms with Crippen molar-refractivity contribution in [1.82, 2.24) is 9.97 Å². The van der Waals surface area contributed by atoms with Crippen LogP contribution in [0.4, 0.5) is 0 Å². The summed E-state index contributed by atoms with van der Waals surface area (Å²) in [4.78, 5) is 18.5. The van der Waals surface area contributed by atoms with E-state index in [-0.39, 0.29) is 5.97 Å². The van der Waals surface area contributed by atoms with E-state index in [0.29, 0.717) is 12.8 Å². The molecule has 0 unspecified atom stereocenters. The number of ether oxygens (including phenoxy) is 1. The summed E-state index contributed by atoms with van der Waals surface area (Å²) in [6.45, 7) is 0. The van der Waals surface area contributed by atoms with Crippen LogP contribution in [0.25, 0.3) is 11.3 Å². The lowest BCUT2D eigenvalue weighted by atomic mass is 10.2. The average molecular weight is 309 g/mol. The molecule has 0 aliphatic carbocycles. The van der Waals surface area contributed by atoms with Crippen LogP contribution in [0.15, 0.2) is 34.9 Å². The Morgan fingerprint density at radius 3 is 2.94 bits per heavy atom. The fourth-order valence-corrected chi connectivity index (χ4v) is 2.13. The SMILES string of the molecule is COC(=O)CCc1ncc(-c2ccccc2Br)[nH]1. The molecule has 94 valence electrons. The Balaban J connectivity index is 2.11. The molecule has 0 spiro atoms. The Morgan fingerprint density at radius 2 is 2.22 bits per heavy atom. The van der Waals surface area contributed by atoms with Gasteiger partial charge in [0.2, 0.25) is 0 Å². The number of nitrogens with one attached hydrogen (secondary N) is 1. The first kappa shape index (κ1) is 12.8. The maximum atomic E-state index is 11.0. The third-order valence-corrected chi connectivity index (χ3v) is 3.28. The summed E-state index contributed by atoms with van der Waals surface area (Å²) in [6, 6.07) is 7.91. The van der Waals surface area contributed by atoms with E-state index < -0.39 is 0 Å². The van der Waals surface area contributed by atoms with Crippen molar-refractivity contribution in [2.24, 2.45) is 0 Å². The molecule has 1 aromatic carbocycles. The van der Waals surface area contributed by atoms with Gasteiger partial charge in [-0.25, -0.2) is 4.98 Å². The van der Waals surface area contributed by atoms with Crippen molar-refractivity contribution in [1.29, 1.82) is 0 Å². The van der Waals surface area contributed by atoms with Crippen LogP contribution in [0.2, 0.25) is 0 Å². The third kappa shape index (κ3) is 2.98. The van der Waals surface area contributed by atoms with Gasteiger partial charge in [0, 0.05) is 16.5 Å². The maximum absolute atomic E-state index is 11.0. The Kier molecular flexibility index (Phi) is 4.15. The number of esters is 1. The van der Waals surface area contributed by atoms with Gasteiger partial charge >= 0.3 is 5.97 Å². The zero-order valence-corrected chi connectivity index (χ0v) is 11.5. The predicted octanol–water partition coefficient (Wildman–Crippen LogP) is 2.94. The zero-order valence-electron chi connectivity index (χ0n) is 9.94. The van der Waals surface area contributed by atoms with Crippen molar-refractivity contribution in [3.8, 4) is 11.3 Å². The lowest BCUT2D eigenvalue weighted by Crippen LogP contribution is -2.02. The number of aryl methyl sites for hydroxylation is 1. The highest BCUT2D eigenvalue weighted by Crippen LogP contribution is 2.26. The van der Waals surface area contributed by atoms with Crippen molar-refractivity contribution >= 4 is 21.9 Å². The summed E-state index contributed by atoms with van der Waals surface area (Å²) in [5, 5.41) is 0. The molecule has 1 aromatic heterocycles. The molecule has 0 fully saturated rings. The first-order valence-electron chi connectivity index (χ1n) is 5.56. The quantitative estimate of drug-likeness (QED) is 0.884. The molecule has 4 nitrogen and oxygen atoms in total. The van der Waals surface area contributed by atoms with Gasteiger partial charge in [0.1, 0.15) is 5.82 Å². The van der Waals surface area contributed by atoms with Gasteiger partial charge in [0.25, 0.3) is 0 Å². The normalized spacial score (nSPS) is 10.3. The van der Waals surface area contributed by atoms with Crippen molar-refractivity contribution in [2.75, 3.05) is 7.11 Å². The molecule has 0 aliphatic heterocycles. The third-order valence-electron chi connectivity index (χ3n) is 2.59. The van der Waals surface area contributed by atoms with E-state index in [2.05, 4.69) is 30.6 Å². The van der Waals surface area contributed by atoms with Gasteiger partial charge in [-0.05, 0) is 6.07 Å². The molecule has 0 saturated heterocycles. The van der Waals surface area contributed by atoms with Gasteiger partial charge in [-0.3, -0.25) is 4.79 Å². The van der Waals surface area contributed by atoms with Crippen LogP contribution in [-0.2, 0) is 16.0 Å². The van der Waals surface area contributed by atoms with Crippen molar-refractivity contribution < 1.29 is 9.53 Å². The maximum Gasteiger partial charge on any atom is 0.305 e. The summed E-state index contributed by atoms with van der Waals surface area (Å²) >= 11 is 3.49. The monoisotopic (exact) mass is 308 g/mol. The van der Waals surface area contributed by atoms with Crippen LogP contribution in [-0.4, -0.2) is 23.0 Å². The van der Waals surface area contributed by atoms with Gasteiger partial charge in [0.15, 0.2) is 0 Å². The topological polar surface area (TPSA) is 55.0 Å². The number of carbonyl (C=O) groups is 1. The molecule has 0 atom stereocenters. The van der Waals surface area contributed by atoms with Crippen LogP contribution in [0, 0.1) is 0 Å². The number of methoxy groups -OCH3 is 1. The molecular formula is C13H13BrN2O2. The minimum Gasteiger partial charge on any atom is -0.469 e. The second-order valence-corrected chi connectivity index (χ2v) is 4.65. The Morgan fingerprint density at radius 1 is 1.44 bits per heavy atom. The Hall–Kier alpha value is -1.62. The van der Waals surface area contributed by atoms with Crippen LogP contribution in [0.3, 0.4) is 0 Å². The highest BCUT2D eigenvalue weighted by Gasteiger charge is 2.08. The summed E-state index contributed by atoms with van der Waals surface area (Å²) < 4.78 is 5.60. The average Bonchev–Trinajstić information content (AvgIpc) is 2.85. The molecular weight excluding hydrogens is 296 g/mol. The fourth-order valence-electron chi connectivity index (χ4n) is 1.63. The number of carbonyl (C=O) groups excluding carboxylic acids is 1. The minimum atomic E-state index is -0.228. The molecule has 0 saturated carbocycles. The lowest BCUT2D eigenvalue weighted by molar-refractivity contribution is -0.140. The Bertz CT molecular complexity index is 551.